The lowest BCUT2D eigenvalue weighted by Crippen LogP contribution is -2.52. The van der Waals surface area contributed by atoms with Crippen molar-refractivity contribution >= 4 is 17.6 Å². The van der Waals surface area contributed by atoms with Crippen molar-refractivity contribution in [2.24, 2.45) is 17.8 Å². The molecule has 0 saturated carbocycles. The number of nitrogens with zero attached hydrogens (tertiary/aromatic N) is 1. The summed E-state index contributed by atoms with van der Waals surface area (Å²) in [4.78, 5) is 38.8. The number of hydrogen-bond donors (Lipinski definition) is 1. The van der Waals surface area contributed by atoms with Gasteiger partial charge < -0.3 is 10.2 Å². The van der Waals surface area contributed by atoms with E-state index >= 15 is 0 Å². The number of likely N-dealkylation sites (tertiary alicyclic amines) is 1. The van der Waals surface area contributed by atoms with Crippen LogP contribution in [-0.4, -0.2) is 41.1 Å². The summed E-state index contributed by atoms with van der Waals surface area (Å²) in [6, 6.07) is -0.857. The third-order valence-electron chi connectivity index (χ3n) is 4.60. The van der Waals surface area contributed by atoms with Crippen molar-refractivity contribution in [1.29, 1.82) is 0 Å². The Labute approximate surface area is 146 Å². The van der Waals surface area contributed by atoms with Crippen molar-refractivity contribution in [2.75, 3.05) is 6.54 Å². The molecule has 0 aliphatic carbocycles. The highest BCUT2D eigenvalue weighted by atomic mass is 16.2. The van der Waals surface area contributed by atoms with Gasteiger partial charge in [-0.25, -0.2) is 0 Å². The van der Waals surface area contributed by atoms with Gasteiger partial charge in [0.25, 0.3) is 0 Å². The molecule has 1 N–H and O–H groups in total. The summed E-state index contributed by atoms with van der Waals surface area (Å²) >= 11 is 0. The molecule has 0 aromatic carbocycles. The zero-order valence-corrected chi connectivity index (χ0v) is 16.1. The second-order valence-electron chi connectivity index (χ2n) is 8.02. The number of ketones is 1. The van der Waals surface area contributed by atoms with E-state index in [9.17, 15) is 14.4 Å². The maximum atomic E-state index is 12.9. The Balaban J connectivity index is 2.82. The number of amides is 2. The lowest BCUT2D eigenvalue weighted by molar-refractivity contribution is -0.141. The van der Waals surface area contributed by atoms with E-state index in [1.165, 1.54) is 6.92 Å². The predicted molar refractivity (Wildman–Crippen MR) is 95.4 cm³/mol. The zero-order valence-electron chi connectivity index (χ0n) is 16.1. The van der Waals surface area contributed by atoms with Crippen LogP contribution in [0.3, 0.4) is 0 Å². The summed E-state index contributed by atoms with van der Waals surface area (Å²) in [5.41, 5.74) is 0. The number of hydrogen-bond acceptors (Lipinski definition) is 3. The maximum absolute atomic E-state index is 12.9. The van der Waals surface area contributed by atoms with Gasteiger partial charge in [0.15, 0.2) is 5.78 Å². The lowest BCUT2D eigenvalue weighted by atomic mass is 9.96. The Hall–Kier alpha value is -1.39. The maximum Gasteiger partial charge on any atom is 0.245 e. The topological polar surface area (TPSA) is 66.5 Å². The van der Waals surface area contributed by atoms with E-state index in [1.807, 2.05) is 20.8 Å². The molecule has 3 atom stereocenters. The van der Waals surface area contributed by atoms with Crippen molar-refractivity contribution in [3.05, 3.63) is 0 Å². The molecule has 0 aromatic heterocycles. The first-order valence-electron chi connectivity index (χ1n) is 9.24. The molecule has 0 spiro atoms. The van der Waals surface area contributed by atoms with Crippen LogP contribution in [0.25, 0.3) is 0 Å². The second-order valence-corrected chi connectivity index (χ2v) is 8.02. The van der Waals surface area contributed by atoms with Crippen molar-refractivity contribution in [3.8, 4) is 0 Å². The quantitative estimate of drug-likeness (QED) is 0.740. The monoisotopic (exact) mass is 338 g/mol. The van der Waals surface area contributed by atoms with Crippen LogP contribution < -0.4 is 5.32 Å². The van der Waals surface area contributed by atoms with E-state index < -0.39 is 6.04 Å². The highest BCUT2D eigenvalue weighted by molar-refractivity contribution is 5.92. The summed E-state index contributed by atoms with van der Waals surface area (Å²) < 4.78 is 0. The van der Waals surface area contributed by atoms with Gasteiger partial charge in [0, 0.05) is 12.5 Å². The summed E-state index contributed by atoms with van der Waals surface area (Å²) in [5, 5.41) is 2.95. The fourth-order valence-electron chi connectivity index (χ4n) is 3.47. The van der Waals surface area contributed by atoms with Crippen LogP contribution in [0.1, 0.15) is 67.2 Å². The van der Waals surface area contributed by atoms with E-state index in [-0.39, 0.29) is 35.5 Å². The minimum atomic E-state index is -0.535. The summed E-state index contributed by atoms with van der Waals surface area (Å²) in [7, 11) is 0. The van der Waals surface area contributed by atoms with E-state index in [1.54, 1.807) is 4.90 Å². The molecular formula is C19H34N2O3. The minimum Gasteiger partial charge on any atom is -0.344 e. The van der Waals surface area contributed by atoms with Gasteiger partial charge in [-0.2, -0.15) is 0 Å². The number of Topliss-reactive ketones (excluding diaryl/α,β-unsaturated/α-hetero) is 1. The molecule has 5 nitrogen and oxygen atoms in total. The molecule has 0 radical (unpaired) electrons. The van der Waals surface area contributed by atoms with Crippen molar-refractivity contribution in [3.63, 3.8) is 0 Å². The van der Waals surface area contributed by atoms with Gasteiger partial charge in [-0.05, 0) is 44.4 Å². The molecule has 1 aliphatic heterocycles. The van der Waals surface area contributed by atoms with E-state index in [4.69, 9.17) is 0 Å². The molecule has 0 bridgehead atoms. The Morgan fingerprint density at radius 1 is 1.04 bits per heavy atom. The lowest BCUT2D eigenvalue weighted by Gasteiger charge is -2.29. The van der Waals surface area contributed by atoms with Crippen LogP contribution in [0.4, 0.5) is 0 Å². The van der Waals surface area contributed by atoms with Crippen LogP contribution in [0, 0.1) is 17.8 Å². The molecule has 1 heterocycles. The first-order chi connectivity index (χ1) is 11.1. The fraction of sp³-hybridized carbons (Fsp3) is 0.842. The smallest absolute Gasteiger partial charge is 0.245 e. The third-order valence-corrected chi connectivity index (χ3v) is 4.60. The summed E-state index contributed by atoms with van der Waals surface area (Å²) in [6.45, 7) is 12.3. The number of nitrogens with one attached hydrogen (secondary N) is 1. The van der Waals surface area contributed by atoms with Crippen LogP contribution >= 0.6 is 0 Å². The predicted octanol–water partition coefficient (Wildman–Crippen LogP) is 2.78. The van der Waals surface area contributed by atoms with Crippen LogP contribution in [0.2, 0.25) is 0 Å². The van der Waals surface area contributed by atoms with Crippen molar-refractivity contribution in [2.45, 2.75) is 79.3 Å². The fourth-order valence-corrected chi connectivity index (χ4v) is 3.47. The molecule has 0 aromatic rings. The highest BCUT2D eigenvalue weighted by Crippen LogP contribution is 2.21. The molecule has 1 saturated heterocycles. The Bertz CT molecular complexity index is 460. The first-order valence-corrected chi connectivity index (χ1v) is 9.24. The SMILES string of the molecule is CC(=O)C1CCCN1C(=O)C(CC(C)C)NC(=O)C(C)CC(C)C. The number of carbonyl (C=O) groups excluding carboxylic acids is 3. The average molecular weight is 338 g/mol. The van der Waals surface area contributed by atoms with E-state index in [0.717, 1.165) is 19.3 Å². The van der Waals surface area contributed by atoms with Gasteiger partial charge in [-0.1, -0.05) is 34.6 Å². The number of carbonyl (C=O) groups is 3. The standard InChI is InChI=1S/C19H34N2O3/c1-12(2)10-14(5)18(23)20-16(11-13(3)4)19(24)21-9-7-8-17(21)15(6)22/h12-14,16-17H,7-11H2,1-6H3,(H,20,23). The van der Waals surface area contributed by atoms with Gasteiger partial charge in [0.05, 0.1) is 6.04 Å². The Morgan fingerprint density at radius 2 is 1.62 bits per heavy atom. The molecule has 1 aliphatic rings. The molecule has 1 fully saturated rings. The second kappa shape index (κ2) is 9.19. The van der Waals surface area contributed by atoms with E-state index in [2.05, 4.69) is 19.2 Å². The minimum absolute atomic E-state index is 0.0312. The van der Waals surface area contributed by atoms with E-state index in [0.29, 0.717) is 18.9 Å². The van der Waals surface area contributed by atoms with Gasteiger partial charge in [0.1, 0.15) is 6.04 Å². The number of rotatable bonds is 8. The summed E-state index contributed by atoms with van der Waals surface area (Å²) in [5.74, 6) is 0.467. The van der Waals surface area contributed by atoms with Gasteiger partial charge >= 0.3 is 0 Å². The third kappa shape index (κ3) is 5.91. The molecule has 3 unspecified atom stereocenters. The molecule has 24 heavy (non-hydrogen) atoms. The van der Waals surface area contributed by atoms with Gasteiger partial charge in [-0.15, -0.1) is 0 Å². The zero-order chi connectivity index (χ0) is 18.4. The Kier molecular flexibility index (Phi) is 7.91. The molecule has 1 rings (SSSR count). The van der Waals surface area contributed by atoms with Crippen molar-refractivity contribution in [1.82, 2.24) is 10.2 Å². The van der Waals surface area contributed by atoms with Gasteiger partial charge in [0.2, 0.25) is 11.8 Å². The molecule has 5 heteroatoms. The normalized spacial score (nSPS) is 20.3. The van der Waals surface area contributed by atoms with Crippen LogP contribution in [0.15, 0.2) is 0 Å². The molecular weight excluding hydrogens is 304 g/mol. The Morgan fingerprint density at radius 3 is 2.12 bits per heavy atom. The first kappa shape index (κ1) is 20.7. The largest absolute Gasteiger partial charge is 0.344 e. The van der Waals surface area contributed by atoms with Crippen LogP contribution in [0.5, 0.6) is 0 Å². The highest BCUT2D eigenvalue weighted by Gasteiger charge is 2.36. The summed E-state index contributed by atoms with van der Waals surface area (Å²) in [6.07, 6.45) is 2.98. The van der Waals surface area contributed by atoms with Crippen molar-refractivity contribution < 1.29 is 14.4 Å². The molecule has 138 valence electrons. The molecule has 2 amide bonds. The average Bonchev–Trinajstić information content (AvgIpc) is 2.93. The van der Waals surface area contributed by atoms with Crippen LogP contribution in [-0.2, 0) is 14.4 Å². The van der Waals surface area contributed by atoms with Gasteiger partial charge in [-0.3, -0.25) is 14.4 Å².